The molecule has 0 aromatic rings. The Morgan fingerprint density at radius 3 is 2.69 bits per heavy atom. The van der Waals surface area contributed by atoms with E-state index < -0.39 is 0 Å². The summed E-state index contributed by atoms with van der Waals surface area (Å²) in [5, 5.41) is 9.66. The molecule has 1 heterocycles. The number of nitrogens with zero attached hydrogens (tertiary/aromatic N) is 1. The zero-order valence-corrected chi connectivity index (χ0v) is 8.98. The van der Waals surface area contributed by atoms with Crippen molar-refractivity contribution >= 4 is 5.84 Å². The zero-order chi connectivity index (χ0) is 9.90. The summed E-state index contributed by atoms with van der Waals surface area (Å²) in [5.74, 6) is 0.667. The van der Waals surface area contributed by atoms with Gasteiger partial charge in [-0.1, -0.05) is 20.8 Å². The minimum atomic E-state index is 0.390. The average molecular weight is 183 g/mol. The lowest BCUT2D eigenvalue weighted by molar-refractivity contribution is 0.182. The van der Waals surface area contributed by atoms with E-state index in [-0.39, 0.29) is 0 Å². The molecule has 1 saturated heterocycles. The summed E-state index contributed by atoms with van der Waals surface area (Å²) in [6.45, 7) is 8.89. The normalized spacial score (nSPS) is 20.1. The van der Waals surface area contributed by atoms with Crippen molar-refractivity contribution in [1.29, 1.82) is 5.41 Å². The second kappa shape index (κ2) is 4.09. The molecule has 0 unspecified atom stereocenters. The Balaban J connectivity index is 2.25. The number of hydrazine groups is 1. The molecule has 2 N–H and O–H groups in total. The lowest BCUT2D eigenvalue weighted by Gasteiger charge is -2.31. The van der Waals surface area contributed by atoms with Gasteiger partial charge in [-0.2, -0.15) is 0 Å². The summed E-state index contributed by atoms with van der Waals surface area (Å²) >= 11 is 0. The molecule has 1 aliphatic heterocycles. The lowest BCUT2D eigenvalue weighted by atomic mass is 9.92. The van der Waals surface area contributed by atoms with Crippen LogP contribution in [0.5, 0.6) is 0 Å². The van der Waals surface area contributed by atoms with E-state index in [4.69, 9.17) is 5.41 Å². The maximum absolute atomic E-state index is 7.50. The predicted octanol–water partition coefficient (Wildman–Crippen LogP) is 2.00. The third kappa shape index (κ3) is 4.27. The van der Waals surface area contributed by atoms with Gasteiger partial charge in [0.2, 0.25) is 0 Å². The fourth-order valence-corrected chi connectivity index (χ4v) is 1.39. The van der Waals surface area contributed by atoms with Gasteiger partial charge in [0.25, 0.3) is 0 Å². The van der Waals surface area contributed by atoms with Crippen LogP contribution in [0.2, 0.25) is 0 Å². The Labute approximate surface area is 81.0 Å². The van der Waals surface area contributed by atoms with Gasteiger partial charge < -0.3 is 5.43 Å². The van der Waals surface area contributed by atoms with Crippen LogP contribution in [0, 0.1) is 10.8 Å². The highest BCUT2D eigenvalue weighted by atomic mass is 15.5. The smallest absolute Gasteiger partial charge is 0.108 e. The molecular formula is C10H21N3. The van der Waals surface area contributed by atoms with Crippen LogP contribution in [0.25, 0.3) is 0 Å². The zero-order valence-electron chi connectivity index (χ0n) is 8.98. The molecule has 0 amide bonds. The van der Waals surface area contributed by atoms with Crippen LogP contribution in [0.15, 0.2) is 0 Å². The highest BCUT2D eigenvalue weighted by Crippen LogP contribution is 2.18. The first-order valence-corrected chi connectivity index (χ1v) is 5.06. The largest absolute Gasteiger partial charge is 0.307 e. The van der Waals surface area contributed by atoms with Gasteiger partial charge in [0, 0.05) is 19.5 Å². The fraction of sp³-hybridized carbons (Fsp3) is 0.900. The van der Waals surface area contributed by atoms with Crippen LogP contribution in [0.3, 0.4) is 0 Å². The molecule has 1 aliphatic rings. The van der Waals surface area contributed by atoms with Crippen LogP contribution in [0.1, 0.15) is 40.0 Å². The Hall–Kier alpha value is -0.570. The van der Waals surface area contributed by atoms with E-state index >= 15 is 0 Å². The maximum Gasteiger partial charge on any atom is 0.108 e. The van der Waals surface area contributed by atoms with Crippen molar-refractivity contribution in [2.24, 2.45) is 5.41 Å². The Morgan fingerprint density at radius 2 is 2.15 bits per heavy atom. The second-order valence-electron chi connectivity index (χ2n) is 4.99. The van der Waals surface area contributed by atoms with Gasteiger partial charge in [-0.05, 0) is 18.3 Å². The van der Waals surface area contributed by atoms with Crippen molar-refractivity contribution < 1.29 is 0 Å². The molecular weight excluding hydrogens is 162 g/mol. The molecule has 13 heavy (non-hydrogen) atoms. The van der Waals surface area contributed by atoms with Crippen LogP contribution in [-0.2, 0) is 0 Å². The molecule has 0 saturated carbocycles. The number of nitrogens with one attached hydrogen (secondary N) is 2. The minimum absolute atomic E-state index is 0.390. The van der Waals surface area contributed by atoms with Gasteiger partial charge in [0.05, 0.1) is 0 Å². The van der Waals surface area contributed by atoms with Gasteiger partial charge in [0.15, 0.2) is 0 Å². The topological polar surface area (TPSA) is 39.1 Å². The molecule has 3 nitrogen and oxygen atoms in total. The summed E-state index contributed by atoms with van der Waals surface area (Å²) in [7, 11) is 0. The summed E-state index contributed by atoms with van der Waals surface area (Å²) in [6.07, 6.45) is 3.20. The SMILES string of the molecule is CC(C)(C)CCN1CCCC(=N)N1. The van der Waals surface area contributed by atoms with E-state index in [9.17, 15) is 0 Å². The first-order valence-electron chi connectivity index (χ1n) is 5.06. The summed E-state index contributed by atoms with van der Waals surface area (Å²) in [4.78, 5) is 0. The van der Waals surface area contributed by atoms with Crippen LogP contribution in [0.4, 0.5) is 0 Å². The average Bonchev–Trinajstić information content (AvgIpc) is 2.00. The van der Waals surface area contributed by atoms with Crippen LogP contribution >= 0.6 is 0 Å². The van der Waals surface area contributed by atoms with E-state index in [1.165, 1.54) is 6.42 Å². The first-order chi connectivity index (χ1) is 5.97. The summed E-state index contributed by atoms with van der Waals surface area (Å²) in [6, 6.07) is 0. The van der Waals surface area contributed by atoms with E-state index in [1.54, 1.807) is 0 Å². The van der Waals surface area contributed by atoms with Gasteiger partial charge >= 0.3 is 0 Å². The number of rotatable bonds is 2. The quantitative estimate of drug-likeness (QED) is 0.687. The number of amidine groups is 1. The van der Waals surface area contributed by atoms with Crippen molar-refractivity contribution in [3.8, 4) is 0 Å². The maximum atomic E-state index is 7.50. The molecule has 76 valence electrons. The van der Waals surface area contributed by atoms with Crippen molar-refractivity contribution in [3.63, 3.8) is 0 Å². The number of hydrogen-bond acceptors (Lipinski definition) is 2. The summed E-state index contributed by atoms with van der Waals surface area (Å²) < 4.78 is 0. The van der Waals surface area contributed by atoms with E-state index in [0.29, 0.717) is 11.3 Å². The fourth-order valence-electron chi connectivity index (χ4n) is 1.39. The van der Waals surface area contributed by atoms with Crippen molar-refractivity contribution in [2.45, 2.75) is 40.0 Å². The van der Waals surface area contributed by atoms with E-state index in [0.717, 1.165) is 25.9 Å². The first kappa shape index (κ1) is 10.5. The second-order valence-corrected chi connectivity index (χ2v) is 4.99. The third-order valence-corrected chi connectivity index (χ3v) is 2.28. The minimum Gasteiger partial charge on any atom is -0.307 e. The Morgan fingerprint density at radius 1 is 1.46 bits per heavy atom. The van der Waals surface area contributed by atoms with E-state index in [2.05, 4.69) is 31.2 Å². The Kier molecular flexibility index (Phi) is 3.31. The molecule has 1 fully saturated rings. The molecule has 0 radical (unpaired) electrons. The molecule has 0 atom stereocenters. The molecule has 3 heteroatoms. The van der Waals surface area contributed by atoms with Crippen molar-refractivity contribution in [2.75, 3.05) is 13.1 Å². The van der Waals surface area contributed by atoms with Crippen molar-refractivity contribution in [1.82, 2.24) is 10.4 Å². The van der Waals surface area contributed by atoms with Crippen LogP contribution in [-0.4, -0.2) is 23.9 Å². The van der Waals surface area contributed by atoms with Gasteiger partial charge in [0.1, 0.15) is 5.84 Å². The molecule has 0 spiro atoms. The van der Waals surface area contributed by atoms with E-state index in [1.807, 2.05) is 0 Å². The van der Waals surface area contributed by atoms with Gasteiger partial charge in [-0.25, -0.2) is 5.01 Å². The highest BCUT2D eigenvalue weighted by molar-refractivity contribution is 5.78. The monoisotopic (exact) mass is 183 g/mol. The number of hydrogen-bond donors (Lipinski definition) is 2. The van der Waals surface area contributed by atoms with Gasteiger partial charge in [-0.3, -0.25) is 5.41 Å². The standard InChI is InChI=1S/C10H21N3/c1-10(2,3)6-8-13-7-4-5-9(11)12-13/h4-8H2,1-3H3,(H2,11,12). The summed E-state index contributed by atoms with van der Waals surface area (Å²) in [5.41, 5.74) is 3.50. The molecule has 0 aromatic carbocycles. The molecule has 0 aliphatic carbocycles. The predicted molar refractivity (Wildman–Crippen MR) is 55.7 cm³/mol. The third-order valence-electron chi connectivity index (χ3n) is 2.28. The molecule has 0 aromatic heterocycles. The lowest BCUT2D eigenvalue weighted by Crippen LogP contribution is -2.47. The molecule has 0 bridgehead atoms. The highest BCUT2D eigenvalue weighted by Gasteiger charge is 2.16. The van der Waals surface area contributed by atoms with Gasteiger partial charge in [-0.15, -0.1) is 0 Å². The van der Waals surface area contributed by atoms with Crippen molar-refractivity contribution in [3.05, 3.63) is 0 Å². The Bertz CT molecular complexity index is 181. The van der Waals surface area contributed by atoms with Crippen LogP contribution < -0.4 is 5.43 Å². The molecule has 1 rings (SSSR count).